The van der Waals surface area contributed by atoms with Gasteiger partial charge in [0, 0.05) is 17.3 Å². The van der Waals surface area contributed by atoms with Gasteiger partial charge in [-0.15, -0.1) is 5.10 Å². The Morgan fingerprint density at radius 1 is 1.38 bits per heavy atom. The van der Waals surface area contributed by atoms with Crippen molar-refractivity contribution in [1.82, 2.24) is 25.5 Å². The molecule has 1 aromatic carbocycles. The van der Waals surface area contributed by atoms with Gasteiger partial charge in [-0.3, -0.25) is 0 Å². The predicted octanol–water partition coefficient (Wildman–Crippen LogP) is 2.76. The molecular formula is C13H17ClFN5S. The molecule has 0 aliphatic rings. The topological polar surface area (TPSA) is 55.6 Å². The Morgan fingerprint density at radius 2 is 2.24 bits per heavy atom. The Balaban J connectivity index is 1.90. The molecule has 0 saturated carbocycles. The molecule has 1 N–H and O–H groups in total. The highest BCUT2D eigenvalue weighted by Crippen LogP contribution is 2.25. The van der Waals surface area contributed by atoms with E-state index in [4.69, 9.17) is 11.6 Å². The average molecular weight is 330 g/mol. The Bertz CT molecular complexity index is 577. The maximum atomic E-state index is 13.0. The normalized spacial score (nSPS) is 11.0. The van der Waals surface area contributed by atoms with Gasteiger partial charge in [-0.1, -0.05) is 36.4 Å². The number of tetrazole rings is 1. The Morgan fingerprint density at radius 3 is 3.00 bits per heavy atom. The van der Waals surface area contributed by atoms with Crippen molar-refractivity contribution in [2.75, 3.05) is 13.1 Å². The molecule has 21 heavy (non-hydrogen) atoms. The van der Waals surface area contributed by atoms with Gasteiger partial charge in [-0.25, -0.2) is 9.07 Å². The minimum absolute atomic E-state index is 0.333. The summed E-state index contributed by atoms with van der Waals surface area (Å²) >= 11 is 7.49. The average Bonchev–Trinajstić information content (AvgIpc) is 2.90. The number of hydrogen-bond acceptors (Lipinski definition) is 5. The third kappa shape index (κ3) is 4.94. The standard InChI is InChI=1S/C13H17ClFN5S/c1-2-5-16-6-7-20-13(17-18-19-20)21-9-10-3-4-11(15)8-12(10)14/h3-4,8,16H,2,5-7,9H2,1H3. The monoisotopic (exact) mass is 329 g/mol. The fraction of sp³-hybridized carbons (Fsp3) is 0.462. The first-order chi connectivity index (χ1) is 10.2. The van der Waals surface area contributed by atoms with Crippen molar-refractivity contribution >= 4 is 23.4 Å². The minimum Gasteiger partial charge on any atom is -0.315 e. The second-order valence-electron chi connectivity index (χ2n) is 4.46. The van der Waals surface area contributed by atoms with Crippen LogP contribution in [0.15, 0.2) is 23.4 Å². The lowest BCUT2D eigenvalue weighted by atomic mass is 10.2. The molecule has 0 bridgehead atoms. The zero-order chi connectivity index (χ0) is 15.1. The van der Waals surface area contributed by atoms with Gasteiger partial charge in [0.15, 0.2) is 0 Å². The number of halogens is 2. The van der Waals surface area contributed by atoms with Crippen molar-refractivity contribution in [3.05, 3.63) is 34.6 Å². The number of nitrogens with one attached hydrogen (secondary N) is 1. The van der Waals surface area contributed by atoms with Gasteiger partial charge in [0.1, 0.15) is 5.82 Å². The molecule has 0 saturated heterocycles. The van der Waals surface area contributed by atoms with Crippen molar-refractivity contribution in [3.8, 4) is 0 Å². The minimum atomic E-state index is -0.333. The SMILES string of the molecule is CCCNCCn1nnnc1SCc1ccc(F)cc1Cl. The van der Waals surface area contributed by atoms with Gasteiger partial charge in [-0.05, 0) is 41.1 Å². The number of thioether (sulfide) groups is 1. The summed E-state index contributed by atoms with van der Waals surface area (Å²) in [7, 11) is 0. The first kappa shape index (κ1) is 16.2. The van der Waals surface area contributed by atoms with Gasteiger partial charge >= 0.3 is 0 Å². The quantitative estimate of drug-likeness (QED) is 0.596. The Kier molecular flexibility index (Phi) is 6.41. The van der Waals surface area contributed by atoms with Gasteiger partial charge in [-0.2, -0.15) is 0 Å². The van der Waals surface area contributed by atoms with Crippen LogP contribution in [0.4, 0.5) is 4.39 Å². The van der Waals surface area contributed by atoms with E-state index in [2.05, 4.69) is 27.8 Å². The van der Waals surface area contributed by atoms with Crippen LogP contribution in [0.3, 0.4) is 0 Å². The van der Waals surface area contributed by atoms with E-state index in [0.717, 1.165) is 30.2 Å². The van der Waals surface area contributed by atoms with E-state index in [1.807, 2.05) is 0 Å². The lowest BCUT2D eigenvalue weighted by Crippen LogP contribution is -2.21. The van der Waals surface area contributed by atoms with Gasteiger partial charge in [0.05, 0.1) is 6.54 Å². The summed E-state index contributed by atoms with van der Waals surface area (Å²) in [4.78, 5) is 0. The molecule has 1 heterocycles. The van der Waals surface area contributed by atoms with Gasteiger partial charge in [0.2, 0.25) is 5.16 Å². The summed E-state index contributed by atoms with van der Waals surface area (Å²) in [5, 5.41) is 16.1. The number of nitrogens with zero attached hydrogens (tertiary/aromatic N) is 4. The molecule has 2 aromatic rings. The number of hydrogen-bond donors (Lipinski definition) is 1. The summed E-state index contributed by atoms with van der Waals surface area (Å²) in [6.45, 7) is 4.64. The molecule has 0 atom stereocenters. The lowest BCUT2D eigenvalue weighted by Gasteiger charge is -2.06. The predicted molar refractivity (Wildman–Crippen MR) is 81.9 cm³/mol. The second-order valence-corrected chi connectivity index (χ2v) is 5.81. The van der Waals surface area contributed by atoms with E-state index >= 15 is 0 Å². The molecule has 0 unspecified atom stereocenters. The Labute approximate surface area is 132 Å². The smallest absolute Gasteiger partial charge is 0.209 e. The molecule has 0 aliphatic heterocycles. The zero-order valence-electron chi connectivity index (χ0n) is 11.7. The highest BCUT2D eigenvalue weighted by atomic mass is 35.5. The van der Waals surface area contributed by atoms with Crippen molar-refractivity contribution in [1.29, 1.82) is 0 Å². The number of benzene rings is 1. The van der Waals surface area contributed by atoms with Crippen LogP contribution in [-0.2, 0) is 12.3 Å². The van der Waals surface area contributed by atoms with E-state index < -0.39 is 0 Å². The molecule has 114 valence electrons. The maximum absolute atomic E-state index is 13.0. The molecule has 0 radical (unpaired) electrons. The van der Waals surface area contributed by atoms with Gasteiger partial charge in [0.25, 0.3) is 0 Å². The zero-order valence-corrected chi connectivity index (χ0v) is 13.3. The summed E-state index contributed by atoms with van der Waals surface area (Å²) in [5.74, 6) is 0.266. The van der Waals surface area contributed by atoms with Crippen molar-refractivity contribution < 1.29 is 4.39 Å². The molecule has 0 spiro atoms. The molecule has 0 aliphatic carbocycles. The molecule has 0 amide bonds. The van der Waals surface area contributed by atoms with Crippen LogP contribution in [0.5, 0.6) is 0 Å². The highest BCUT2D eigenvalue weighted by Gasteiger charge is 2.09. The number of rotatable bonds is 8. The van der Waals surface area contributed by atoms with Crippen molar-refractivity contribution in [2.45, 2.75) is 30.8 Å². The first-order valence-electron chi connectivity index (χ1n) is 6.74. The largest absolute Gasteiger partial charge is 0.315 e. The lowest BCUT2D eigenvalue weighted by molar-refractivity contribution is 0.510. The third-order valence-corrected chi connectivity index (χ3v) is 4.16. The van der Waals surface area contributed by atoms with Gasteiger partial charge < -0.3 is 5.32 Å². The van der Waals surface area contributed by atoms with E-state index in [0.29, 0.717) is 17.3 Å². The fourth-order valence-electron chi connectivity index (χ4n) is 1.71. The van der Waals surface area contributed by atoms with E-state index in [-0.39, 0.29) is 5.82 Å². The highest BCUT2D eigenvalue weighted by molar-refractivity contribution is 7.98. The third-order valence-electron chi connectivity index (χ3n) is 2.80. The van der Waals surface area contributed by atoms with Crippen LogP contribution in [-0.4, -0.2) is 33.3 Å². The summed E-state index contributed by atoms with van der Waals surface area (Å²) in [5.41, 5.74) is 0.863. The summed E-state index contributed by atoms with van der Waals surface area (Å²) in [6.07, 6.45) is 1.10. The van der Waals surface area contributed by atoms with Crippen LogP contribution < -0.4 is 5.32 Å². The fourth-order valence-corrected chi connectivity index (χ4v) is 2.93. The van der Waals surface area contributed by atoms with Crippen molar-refractivity contribution in [3.63, 3.8) is 0 Å². The molecule has 5 nitrogen and oxygen atoms in total. The first-order valence-corrected chi connectivity index (χ1v) is 8.10. The van der Waals surface area contributed by atoms with Crippen LogP contribution in [0.1, 0.15) is 18.9 Å². The Hall–Kier alpha value is -1.18. The van der Waals surface area contributed by atoms with Crippen LogP contribution in [0.25, 0.3) is 0 Å². The molecular weight excluding hydrogens is 313 g/mol. The van der Waals surface area contributed by atoms with Crippen LogP contribution >= 0.6 is 23.4 Å². The number of aromatic nitrogens is 4. The van der Waals surface area contributed by atoms with E-state index in [9.17, 15) is 4.39 Å². The molecule has 1 aromatic heterocycles. The summed E-state index contributed by atoms with van der Waals surface area (Å²) in [6, 6.07) is 4.40. The molecule has 8 heteroatoms. The molecule has 0 fully saturated rings. The van der Waals surface area contributed by atoms with E-state index in [1.54, 1.807) is 10.7 Å². The maximum Gasteiger partial charge on any atom is 0.209 e. The van der Waals surface area contributed by atoms with Crippen LogP contribution in [0, 0.1) is 5.82 Å². The van der Waals surface area contributed by atoms with Crippen LogP contribution in [0.2, 0.25) is 5.02 Å². The molecule has 2 rings (SSSR count). The summed E-state index contributed by atoms with van der Waals surface area (Å²) < 4.78 is 14.7. The second kappa shape index (κ2) is 8.31. The van der Waals surface area contributed by atoms with Crippen molar-refractivity contribution in [2.24, 2.45) is 0 Å². The van der Waals surface area contributed by atoms with E-state index in [1.165, 1.54) is 23.9 Å².